The second-order valence-electron chi connectivity index (χ2n) is 8.93. The van der Waals surface area contributed by atoms with E-state index in [1.807, 2.05) is 6.07 Å². The number of nitrogens with one attached hydrogen (secondary N) is 2. The van der Waals surface area contributed by atoms with Gasteiger partial charge in [-0.2, -0.15) is 4.98 Å². The first kappa shape index (κ1) is 28.0. The van der Waals surface area contributed by atoms with Crippen molar-refractivity contribution in [1.29, 1.82) is 0 Å². The van der Waals surface area contributed by atoms with Gasteiger partial charge in [0.1, 0.15) is 0 Å². The molecular weight excluding hydrogens is 516 g/mol. The van der Waals surface area contributed by atoms with Crippen LogP contribution >= 0.6 is 0 Å². The summed E-state index contributed by atoms with van der Waals surface area (Å²) in [6.45, 7) is 2.06. The number of hydrogen-bond acceptors (Lipinski definition) is 7. The van der Waals surface area contributed by atoms with Gasteiger partial charge in [-0.25, -0.2) is 9.59 Å². The predicted octanol–water partition coefficient (Wildman–Crippen LogP) is 2.95. The number of aliphatic hydroxyl groups is 1. The Morgan fingerprint density at radius 3 is 2.35 bits per heavy atom. The van der Waals surface area contributed by atoms with Crippen LogP contribution in [-0.2, 0) is 17.6 Å². The summed E-state index contributed by atoms with van der Waals surface area (Å²) in [6.07, 6.45) is 0.133. The molecule has 5 N–H and O–H groups in total. The van der Waals surface area contributed by atoms with Gasteiger partial charge in [-0.15, -0.1) is 0 Å². The molecule has 0 aliphatic carbocycles. The molecule has 4 aromatic rings. The molecule has 2 atom stereocenters. The molecule has 0 fully saturated rings. The highest BCUT2D eigenvalue weighted by molar-refractivity contribution is 5.95. The third-order valence-corrected chi connectivity index (χ3v) is 6.13. The molecule has 0 spiro atoms. The number of carboxylic acids is 2. The zero-order valence-corrected chi connectivity index (χ0v) is 21.6. The fourth-order valence-corrected chi connectivity index (χ4v) is 4.18. The molecule has 0 bridgehead atoms. The highest BCUT2D eigenvalue weighted by Crippen LogP contribution is 2.24. The van der Waals surface area contributed by atoms with E-state index in [2.05, 4.69) is 20.3 Å². The maximum absolute atomic E-state index is 13.1. The standard InChI is InChI=1S/C29H28N4O7/c1-2-40-27-23(15-18-12-13-21(30-16-18)19-10-6-7-11-20(19)28(36)37)31-25(33-27)26(35)32-22(24(34)29(38)39)14-17-8-4-3-5-9-17/h3-13,16,22,24,34H,2,14-15H2,1H3,(H,31,33)(H,32,35)(H,36,37)(H,38,39). The molecule has 0 aliphatic heterocycles. The molecule has 11 heteroatoms. The number of aliphatic carboxylic acids is 1. The third-order valence-electron chi connectivity index (χ3n) is 6.13. The Bertz CT molecular complexity index is 1490. The fraction of sp³-hybridized carbons (Fsp3) is 0.207. The van der Waals surface area contributed by atoms with Gasteiger partial charge in [0.15, 0.2) is 11.9 Å². The number of amides is 1. The summed E-state index contributed by atoms with van der Waals surface area (Å²) in [5.41, 5.74) is 3.11. The number of aliphatic hydroxyl groups excluding tert-OH is 1. The number of carbonyl (C=O) groups excluding carboxylic acids is 1. The summed E-state index contributed by atoms with van der Waals surface area (Å²) in [6, 6.07) is 17.9. The lowest BCUT2D eigenvalue weighted by Gasteiger charge is -2.21. The second kappa shape index (κ2) is 12.7. The van der Waals surface area contributed by atoms with Crippen LogP contribution in [-0.4, -0.2) is 66.9 Å². The van der Waals surface area contributed by atoms with Gasteiger partial charge in [0, 0.05) is 18.2 Å². The number of ether oxygens (including phenoxy) is 1. The van der Waals surface area contributed by atoms with Crippen molar-refractivity contribution < 1.29 is 34.4 Å². The first-order valence-electron chi connectivity index (χ1n) is 12.5. The minimum atomic E-state index is -1.83. The van der Waals surface area contributed by atoms with Crippen molar-refractivity contribution in [3.63, 3.8) is 0 Å². The van der Waals surface area contributed by atoms with E-state index >= 15 is 0 Å². The van der Waals surface area contributed by atoms with Gasteiger partial charge in [-0.3, -0.25) is 9.78 Å². The van der Waals surface area contributed by atoms with E-state index < -0.39 is 30.0 Å². The Hall–Kier alpha value is -5.03. The van der Waals surface area contributed by atoms with Gasteiger partial charge in [0.05, 0.1) is 29.6 Å². The lowest BCUT2D eigenvalue weighted by molar-refractivity contribution is -0.148. The molecule has 11 nitrogen and oxygen atoms in total. The second-order valence-corrected chi connectivity index (χ2v) is 8.93. The quantitative estimate of drug-likeness (QED) is 0.180. The van der Waals surface area contributed by atoms with Crippen molar-refractivity contribution in [1.82, 2.24) is 20.3 Å². The zero-order chi connectivity index (χ0) is 28.6. The number of carbonyl (C=O) groups is 3. The third kappa shape index (κ3) is 6.69. The molecule has 0 radical (unpaired) electrons. The van der Waals surface area contributed by atoms with Crippen LogP contribution in [0.1, 0.15) is 44.7 Å². The minimum absolute atomic E-state index is 0.0922. The van der Waals surface area contributed by atoms with Crippen molar-refractivity contribution in [2.24, 2.45) is 0 Å². The number of hydrogen-bond donors (Lipinski definition) is 5. The van der Waals surface area contributed by atoms with E-state index in [0.717, 1.165) is 11.1 Å². The van der Waals surface area contributed by atoms with Gasteiger partial charge < -0.3 is 30.4 Å². The number of benzene rings is 2. The molecule has 206 valence electrons. The summed E-state index contributed by atoms with van der Waals surface area (Å²) < 4.78 is 5.61. The molecular formula is C29H28N4O7. The van der Waals surface area contributed by atoms with Crippen LogP contribution in [0.2, 0.25) is 0 Å². The molecule has 1 amide bonds. The number of pyridine rings is 1. The predicted molar refractivity (Wildman–Crippen MR) is 144 cm³/mol. The van der Waals surface area contributed by atoms with Crippen molar-refractivity contribution in [2.75, 3.05) is 6.61 Å². The normalized spacial score (nSPS) is 12.3. The molecule has 4 rings (SSSR count). The highest BCUT2D eigenvalue weighted by Gasteiger charge is 2.29. The highest BCUT2D eigenvalue weighted by atomic mass is 16.5. The average Bonchev–Trinajstić information content (AvgIpc) is 3.35. The summed E-state index contributed by atoms with van der Waals surface area (Å²) >= 11 is 0. The van der Waals surface area contributed by atoms with Gasteiger partial charge in [0.25, 0.3) is 5.91 Å². The number of rotatable bonds is 12. The summed E-state index contributed by atoms with van der Waals surface area (Å²) in [4.78, 5) is 47.7. The molecule has 2 heterocycles. The van der Waals surface area contributed by atoms with Gasteiger partial charge in [0.2, 0.25) is 5.88 Å². The molecule has 2 unspecified atom stereocenters. The lowest BCUT2D eigenvalue weighted by atomic mass is 10.0. The summed E-state index contributed by atoms with van der Waals surface area (Å²) in [5.74, 6) is -3.11. The van der Waals surface area contributed by atoms with Crippen LogP contribution in [0.25, 0.3) is 11.3 Å². The van der Waals surface area contributed by atoms with Gasteiger partial charge in [-0.05, 0) is 36.6 Å². The Balaban J connectivity index is 1.54. The van der Waals surface area contributed by atoms with Gasteiger partial charge >= 0.3 is 11.9 Å². The van der Waals surface area contributed by atoms with E-state index in [4.69, 9.17) is 4.74 Å². The topological polar surface area (TPSA) is 175 Å². The van der Waals surface area contributed by atoms with Crippen LogP contribution in [0.3, 0.4) is 0 Å². The van der Waals surface area contributed by atoms with Crippen molar-refractivity contribution in [3.8, 4) is 17.1 Å². The number of imidazole rings is 1. The van der Waals surface area contributed by atoms with Crippen LogP contribution in [0.5, 0.6) is 5.88 Å². The Kier molecular flexibility index (Phi) is 8.87. The van der Waals surface area contributed by atoms with E-state index in [1.54, 1.807) is 67.7 Å². The SMILES string of the molecule is CCOc1nc(C(=O)NC(Cc2ccccc2)C(O)C(=O)O)[nH]c1Cc1ccc(-c2ccccc2C(=O)O)nc1. The number of aromatic amines is 1. The molecule has 40 heavy (non-hydrogen) atoms. The molecule has 0 saturated heterocycles. The Morgan fingerprint density at radius 1 is 0.975 bits per heavy atom. The molecule has 0 aliphatic rings. The van der Waals surface area contributed by atoms with E-state index in [-0.39, 0.29) is 36.7 Å². The van der Waals surface area contributed by atoms with Crippen LogP contribution in [0.4, 0.5) is 0 Å². The maximum Gasteiger partial charge on any atom is 0.336 e. The van der Waals surface area contributed by atoms with Crippen LogP contribution in [0, 0.1) is 0 Å². The lowest BCUT2D eigenvalue weighted by Crippen LogP contribution is -2.48. The Morgan fingerprint density at radius 2 is 1.70 bits per heavy atom. The summed E-state index contributed by atoms with van der Waals surface area (Å²) in [5, 5.41) is 31.6. The van der Waals surface area contributed by atoms with Crippen LogP contribution < -0.4 is 10.1 Å². The van der Waals surface area contributed by atoms with E-state index in [9.17, 15) is 29.7 Å². The fourth-order valence-electron chi connectivity index (χ4n) is 4.18. The molecule has 2 aromatic heterocycles. The largest absolute Gasteiger partial charge is 0.479 e. The average molecular weight is 545 g/mol. The summed E-state index contributed by atoms with van der Waals surface area (Å²) in [7, 11) is 0. The number of aromatic nitrogens is 3. The smallest absolute Gasteiger partial charge is 0.336 e. The zero-order valence-electron chi connectivity index (χ0n) is 21.6. The first-order valence-corrected chi connectivity index (χ1v) is 12.5. The minimum Gasteiger partial charge on any atom is -0.479 e. The Labute approximate surface area is 229 Å². The van der Waals surface area contributed by atoms with Crippen LogP contribution in [0.15, 0.2) is 72.9 Å². The van der Waals surface area contributed by atoms with Gasteiger partial charge in [-0.1, -0.05) is 54.6 Å². The molecule has 2 aromatic carbocycles. The number of aromatic carboxylic acids is 1. The number of H-pyrrole nitrogens is 1. The number of nitrogens with zero attached hydrogens (tertiary/aromatic N) is 2. The van der Waals surface area contributed by atoms with E-state index in [1.165, 1.54) is 6.07 Å². The van der Waals surface area contributed by atoms with E-state index in [0.29, 0.717) is 17.0 Å². The molecule has 0 saturated carbocycles. The van der Waals surface area contributed by atoms with Crippen molar-refractivity contribution >= 4 is 17.8 Å². The first-order chi connectivity index (χ1) is 19.3. The maximum atomic E-state index is 13.1. The number of carboxylic acid groups (broad SMARTS) is 2. The van der Waals surface area contributed by atoms with Crippen molar-refractivity contribution in [3.05, 3.63) is 101 Å². The van der Waals surface area contributed by atoms with Crippen molar-refractivity contribution in [2.45, 2.75) is 31.9 Å². The monoisotopic (exact) mass is 544 g/mol.